The Bertz CT molecular complexity index is 1390. The average molecular weight is 457 g/mol. The number of hydrogen-bond acceptors (Lipinski definition) is 7. The van der Waals surface area contributed by atoms with Gasteiger partial charge in [-0.1, -0.05) is 24.1 Å². The quantitative estimate of drug-likeness (QED) is 0.424. The van der Waals surface area contributed by atoms with Crippen LogP contribution in [0.25, 0.3) is 11.0 Å². The number of nitrogens with zero attached hydrogens (tertiary/aromatic N) is 4. The number of carbonyl (C=O) groups is 2. The number of terminal acetylenes is 1. The second-order valence-electron chi connectivity index (χ2n) is 7.24. The van der Waals surface area contributed by atoms with E-state index in [0.717, 1.165) is 22.6 Å². The van der Waals surface area contributed by atoms with Crippen LogP contribution in [0, 0.1) is 19.3 Å². The minimum absolute atomic E-state index is 0.196. The van der Waals surface area contributed by atoms with Crippen LogP contribution in [-0.4, -0.2) is 44.6 Å². The van der Waals surface area contributed by atoms with Gasteiger partial charge in [0.05, 0.1) is 35.0 Å². The summed E-state index contributed by atoms with van der Waals surface area (Å²) in [5.41, 5.74) is 3.42. The Balaban J connectivity index is 1.55. The van der Waals surface area contributed by atoms with Crippen molar-refractivity contribution in [2.75, 3.05) is 24.2 Å². The molecule has 0 spiro atoms. The van der Waals surface area contributed by atoms with Crippen LogP contribution in [0.15, 0.2) is 54.7 Å². The van der Waals surface area contributed by atoms with E-state index in [-0.39, 0.29) is 18.4 Å². The minimum atomic E-state index is -0.348. The zero-order valence-corrected chi connectivity index (χ0v) is 18.8. The molecular formula is C24H20N6O2S. The molecule has 0 saturated carbocycles. The molecular weight excluding hydrogens is 436 g/mol. The number of para-hydroxylation sites is 2. The minimum Gasteiger partial charge on any atom is -0.331 e. The van der Waals surface area contributed by atoms with Gasteiger partial charge in [-0.15, -0.1) is 6.42 Å². The predicted octanol–water partition coefficient (Wildman–Crippen LogP) is 4.10. The van der Waals surface area contributed by atoms with E-state index in [0.29, 0.717) is 33.3 Å². The molecule has 0 aliphatic carbocycles. The van der Waals surface area contributed by atoms with E-state index in [2.05, 4.69) is 30.9 Å². The third-order valence-corrected chi connectivity index (χ3v) is 5.68. The Morgan fingerprint density at radius 3 is 2.73 bits per heavy atom. The van der Waals surface area contributed by atoms with Crippen molar-refractivity contribution in [3.05, 3.63) is 71.5 Å². The number of hydrogen-bond donors (Lipinski definition) is 2. The first-order chi connectivity index (χ1) is 16.0. The topological polar surface area (TPSA) is 100 Å². The largest absolute Gasteiger partial charge is 0.331 e. The summed E-state index contributed by atoms with van der Waals surface area (Å²) in [6.45, 7) is 1.96. The molecule has 2 amide bonds. The number of aryl methyl sites for hydroxylation is 1. The lowest BCUT2D eigenvalue weighted by atomic mass is 10.1. The Kier molecular flexibility index (Phi) is 6.29. The van der Waals surface area contributed by atoms with Gasteiger partial charge in [-0.3, -0.25) is 14.6 Å². The van der Waals surface area contributed by atoms with Crippen LogP contribution in [0.4, 0.5) is 16.5 Å². The van der Waals surface area contributed by atoms with E-state index >= 15 is 0 Å². The number of anilines is 3. The maximum absolute atomic E-state index is 13.1. The standard InChI is InChI=1S/C24H20N6O2S/c1-4-12-30(3)24(32)16-8-7-9-17(13-16)26-22(31)21-15(2)29-33-23(21)28-20-14-25-18-10-5-6-11-19(18)27-20/h1,5-11,13-14H,12H2,2-3H3,(H,26,31)(H,27,28). The fourth-order valence-corrected chi connectivity index (χ4v) is 4.01. The first-order valence-corrected chi connectivity index (χ1v) is 10.8. The van der Waals surface area contributed by atoms with Gasteiger partial charge in [0.2, 0.25) is 0 Å². The molecule has 0 atom stereocenters. The highest BCUT2D eigenvalue weighted by molar-refractivity contribution is 7.10. The highest BCUT2D eigenvalue weighted by Gasteiger charge is 2.20. The lowest BCUT2D eigenvalue weighted by Gasteiger charge is -2.14. The highest BCUT2D eigenvalue weighted by Crippen LogP contribution is 2.28. The van der Waals surface area contributed by atoms with Crippen molar-refractivity contribution in [2.45, 2.75) is 6.92 Å². The number of amides is 2. The molecule has 0 fully saturated rings. The summed E-state index contributed by atoms with van der Waals surface area (Å²) in [7, 11) is 1.63. The SMILES string of the molecule is C#CCN(C)C(=O)c1cccc(NC(=O)c2c(C)nsc2Nc2cnc3ccccc3n2)c1. The molecule has 8 nitrogen and oxygen atoms in total. The monoisotopic (exact) mass is 456 g/mol. The second-order valence-corrected chi connectivity index (χ2v) is 8.01. The van der Waals surface area contributed by atoms with Gasteiger partial charge in [0.1, 0.15) is 10.8 Å². The molecule has 9 heteroatoms. The number of fused-ring (bicyclic) bond motifs is 1. The lowest BCUT2D eigenvalue weighted by Crippen LogP contribution is -2.27. The van der Waals surface area contributed by atoms with Crippen LogP contribution in [-0.2, 0) is 0 Å². The van der Waals surface area contributed by atoms with Crippen molar-refractivity contribution in [1.29, 1.82) is 0 Å². The Hall–Kier alpha value is -4.29. The summed E-state index contributed by atoms with van der Waals surface area (Å²) < 4.78 is 4.32. The summed E-state index contributed by atoms with van der Waals surface area (Å²) in [6.07, 6.45) is 6.90. The summed E-state index contributed by atoms with van der Waals surface area (Å²) in [5.74, 6) is 2.37. The fourth-order valence-electron chi connectivity index (χ4n) is 3.21. The number of nitrogens with one attached hydrogen (secondary N) is 2. The zero-order valence-electron chi connectivity index (χ0n) is 18.0. The molecule has 0 aliphatic heterocycles. The molecule has 2 heterocycles. The molecule has 0 bridgehead atoms. The van der Waals surface area contributed by atoms with E-state index < -0.39 is 0 Å². The van der Waals surface area contributed by atoms with Crippen molar-refractivity contribution in [3.63, 3.8) is 0 Å². The van der Waals surface area contributed by atoms with E-state index in [1.54, 1.807) is 44.4 Å². The maximum atomic E-state index is 13.1. The van der Waals surface area contributed by atoms with Gasteiger partial charge in [-0.05, 0) is 48.8 Å². The second kappa shape index (κ2) is 9.46. The Morgan fingerprint density at radius 1 is 1.15 bits per heavy atom. The first kappa shape index (κ1) is 21.9. The van der Waals surface area contributed by atoms with Crippen LogP contribution in [0.3, 0.4) is 0 Å². The molecule has 33 heavy (non-hydrogen) atoms. The van der Waals surface area contributed by atoms with Gasteiger partial charge in [0, 0.05) is 18.3 Å². The van der Waals surface area contributed by atoms with Gasteiger partial charge in [-0.25, -0.2) is 4.98 Å². The summed E-state index contributed by atoms with van der Waals surface area (Å²) in [6, 6.07) is 14.2. The molecule has 164 valence electrons. The molecule has 0 saturated heterocycles. The van der Waals surface area contributed by atoms with Crippen molar-refractivity contribution in [1.82, 2.24) is 19.2 Å². The summed E-state index contributed by atoms with van der Waals surface area (Å²) in [4.78, 5) is 36.0. The molecule has 2 aromatic heterocycles. The maximum Gasteiger partial charge on any atom is 0.260 e. The molecule has 0 unspecified atom stereocenters. The smallest absolute Gasteiger partial charge is 0.260 e. The lowest BCUT2D eigenvalue weighted by molar-refractivity contribution is 0.0812. The number of carbonyl (C=O) groups excluding carboxylic acids is 2. The average Bonchev–Trinajstić information content (AvgIpc) is 3.18. The Labute approximate surface area is 194 Å². The normalized spacial score (nSPS) is 10.5. The Morgan fingerprint density at radius 2 is 1.94 bits per heavy atom. The third-order valence-electron chi connectivity index (χ3n) is 4.82. The first-order valence-electron chi connectivity index (χ1n) is 10.0. The van der Waals surface area contributed by atoms with Gasteiger partial charge in [-0.2, -0.15) is 4.37 Å². The van der Waals surface area contributed by atoms with Gasteiger partial charge in [0.15, 0.2) is 0 Å². The van der Waals surface area contributed by atoms with E-state index in [4.69, 9.17) is 6.42 Å². The van der Waals surface area contributed by atoms with Gasteiger partial charge < -0.3 is 15.5 Å². The molecule has 2 N–H and O–H groups in total. The summed E-state index contributed by atoms with van der Waals surface area (Å²) in [5, 5.41) is 6.55. The summed E-state index contributed by atoms with van der Waals surface area (Å²) >= 11 is 1.16. The third kappa shape index (κ3) is 4.81. The zero-order chi connectivity index (χ0) is 23.4. The van der Waals surface area contributed by atoms with E-state index in [9.17, 15) is 9.59 Å². The van der Waals surface area contributed by atoms with Gasteiger partial charge in [0.25, 0.3) is 11.8 Å². The molecule has 2 aromatic carbocycles. The van der Waals surface area contributed by atoms with Crippen molar-refractivity contribution < 1.29 is 9.59 Å². The van der Waals surface area contributed by atoms with Crippen LogP contribution < -0.4 is 10.6 Å². The van der Waals surface area contributed by atoms with Crippen LogP contribution in [0.1, 0.15) is 26.4 Å². The van der Waals surface area contributed by atoms with Crippen LogP contribution in [0.5, 0.6) is 0 Å². The number of aromatic nitrogens is 3. The van der Waals surface area contributed by atoms with Crippen molar-refractivity contribution in [3.8, 4) is 12.3 Å². The molecule has 0 radical (unpaired) electrons. The van der Waals surface area contributed by atoms with E-state index in [1.165, 1.54) is 4.90 Å². The number of benzene rings is 2. The van der Waals surface area contributed by atoms with Crippen LogP contribution >= 0.6 is 11.5 Å². The van der Waals surface area contributed by atoms with Gasteiger partial charge >= 0.3 is 0 Å². The van der Waals surface area contributed by atoms with Crippen molar-refractivity contribution in [2.24, 2.45) is 0 Å². The predicted molar refractivity (Wildman–Crippen MR) is 130 cm³/mol. The highest BCUT2D eigenvalue weighted by atomic mass is 32.1. The molecule has 4 aromatic rings. The molecule has 4 rings (SSSR count). The fraction of sp³-hybridized carbons (Fsp3) is 0.125. The van der Waals surface area contributed by atoms with E-state index in [1.807, 2.05) is 24.3 Å². The molecule has 0 aliphatic rings. The van der Waals surface area contributed by atoms with Crippen LogP contribution in [0.2, 0.25) is 0 Å². The number of rotatable bonds is 6. The van der Waals surface area contributed by atoms with Crippen molar-refractivity contribution >= 4 is 50.9 Å².